The normalized spacial score (nSPS) is 18.2. The lowest BCUT2D eigenvalue weighted by Gasteiger charge is -2.25. The third kappa shape index (κ3) is 4.66. The Kier molecular flexibility index (Phi) is 7.17. The number of nitrogens with zero attached hydrogens (tertiary/aromatic N) is 2. The van der Waals surface area contributed by atoms with E-state index in [9.17, 15) is 14.7 Å². The fraction of sp³-hybridized carbons (Fsp3) is 0.417. The van der Waals surface area contributed by atoms with Gasteiger partial charge in [-0.3, -0.25) is 9.59 Å². The number of carbonyl (C=O) groups excluding carboxylic acids is 2. The number of rotatable bonds is 9. The molecule has 3 rings (SSSR count). The van der Waals surface area contributed by atoms with Crippen molar-refractivity contribution in [3.8, 4) is 5.75 Å². The van der Waals surface area contributed by atoms with Gasteiger partial charge in [0.15, 0.2) is 0 Å². The smallest absolute Gasteiger partial charge is 0.295 e. The first-order valence-corrected chi connectivity index (χ1v) is 10.6. The van der Waals surface area contributed by atoms with Gasteiger partial charge >= 0.3 is 0 Å². The van der Waals surface area contributed by atoms with Crippen LogP contribution in [0, 0.1) is 6.92 Å². The SMILES string of the molecule is CCN(CC)CCCN1C(=O)C(=O)/C(=C(/O)c2cccc(OC)c2)[C@@H]1c1ccc(C)o1. The summed E-state index contributed by atoms with van der Waals surface area (Å²) >= 11 is 0. The van der Waals surface area contributed by atoms with Gasteiger partial charge in [-0.1, -0.05) is 26.0 Å². The molecule has 1 atom stereocenters. The van der Waals surface area contributed by atoms with E-state index in [1.165, 1.54) is 12.0 Å². The van der Waals surface area contributed by atoms with E-state index in [1.54, 1.807) is 43.3 Å². The van der Waals surface area contributed by atoms with Gasteiger partial charge in [0, 0.05) is 12.1 Å². The van der Waals surface area contributed by atoms with Crippen molar-refractivity contribution in [1.82, 2.24) is 9.80 Å². The van der Waals surface area contributed by atoms with E-state index in [-0.39, 0.29) is 11.3 Å². The first-order valence-electron chi connectivity index (χ1n) is 10.6. The molecule has 31 heavy (non-hydrogen) atoms. The van der Waals surface area contributed by atoms with Crippen molar-refractivity contribution in [2.75, 3.05) is 33.3 Å². The van der Waals surface area contributed by atoms with Crippen molar-refractivity contribution in [2.45, 2.75) is 33.2 Å². The minimum atomic E-state index is -0.767. The molecule has 1 aliphatic rings. The zero-order chi connectivity index (χ0) is 22.5. The van der Waals surface area contributed by atoms with Crippen molar-refractivity contribution < 1.29 is 23.8 Å². The third-order valence-electron chi connectivity index (χ3n) is 5.68. The second-order valence-electron chi connectivity index (χ2n) is 7.55. The highest BCUT2D eigenvalue weighted by Crippen LogP contribution is 2.40. The number of Topliss-reactive ketones (excluding diaryl/α,β-unsaturated/α-hetero) is 1. The summed E-state index contributed by atoms with van der Waals surface area (Å²) in [6.07, 6.45) is 0.712. The molecule has 1 aromatic heterocycles. The van der Waals surface area contributed by atoms with Crippen LogP contribution in [0.15, 0.2) is 46.4 Å². The van der Waals surface area contributed by atoms with Crippen molar-refractivity contribution in [2.24, 2.45) is 0 Å². The summed E-state index contributed by atoms with van der Waals surface area (Å²) in [6.45, 7) is 9.04. The van der Waals surface area contributed by atoms with Crippen LogP contribution < -0.4 is 4.74 Å². The third-order valence-corrected chi connectivity index (χ3v) is 5.68. The van der Waals surface area contributed by atoms with Crippen LogP contribution in [-0.2, 0) is 9.59 Å². The Hall–Kier alpha value is -3.06. The number of benzene rings is 1. The molecule has 2 heterocycles. The molecule has 7 nitrogen and oxygen atoms in total. The molecule has 2 aromatic rings. The number of furan rings is 1. The lowest BCUT2D eigenvalue weighted by Crippen LogP contribution is -2.33. The summed E-state index contributed by atoms with van der Waals surface area (Å²) in [5.74, 6) is 0.116. The van der Waals surface area contributed by atoms with Crippen molar-refractivity contribution in [3.63, 3.8) is 0 Å². The largest absolute Gasteiger partial charge is 0.507 e. The number of amides is 1. The predicted octanol–water partition coefficient (Wildman–Crippen LogP) is 3.75. The molecule has 0 saturated carbocycles. The number of aliphatic hydroxyl groups excluding tert-OH is 1. The zero-order valence-electron chi connectivity index (χ0n) is 18.6. The van der Waals surface area contributed by atoms with Crippen LogP contribution in [0.4, 0.5) is 0 Å². The van der Waals surface area contributed by atoms with E-state index in [1.807, 2.05) is 0 Å². The molecular weight excluding hydrogens is 396 g/mol. The highest BCUT2D eigenvalue weighted by Gasteiger charge is 2.47. The van der Waals surface area contributed by atoms with Gasteiger partial charge in [0.2, 0.25) is 0 Å². The maximum atomic E-state index is 13.0. The first-order chi connectivity index (χ1) is 14.9. The summed E-state index contributed by atoms with van der Waals surface area (Å²) in [5.41, 5.74) is 0.448. The maximum absolute atomic E-state index is 13.0. The number of aliphatic hydroxyl groups is 1. The average molecular weight is 427 g/mol. The molecular formula is C24H30N2O5. The van der Waals surface area contributed by atoms with Crippen LogP contribution >= 0.6 is 0 Å². The van der Waals surface area contributed by atoms with Crippen LogP contribution in [0.1, 0.15) is 43.4 Å². The molecule has 1 aliphatic heterocycles. The van der Waals surface area contributed by atoms with Crippen molar-refractivity contribution >= 4 is 17.4 Å². The fourth-order valence-electron chi connectivity index (χ4n) is 3.94. The molecule has 7 heteroatoms. The fourth-order valence-corrected chi connectivity index (χ4v) is 3.94. The lowest BCUT2D eigenvalue weighted by atomic mass is 9.99. The number of ether oxygens (including phenoxy) is 1. The number of likely N-dealkylation sites (tertiary alicyclic amines) is 1. The monoisotopic (exact) mass is 426 g/mol. The minimum absolute atomic E-state index is 0.0374. The maximum Gasteiger partial charge on any atom is 0.295 e. The Bertz CT molecular complexity index is 974. The van der Waals surface area contributed by atoms with E-state index < -0.39 is 17.7 Å². The summed E-state index contributed by atoms with van der Waals surface area (Å²) < 4.78 is 11.0. The molecule has 1 saturated heterocycles. The van der Waals surface area contributed by atoms with Gasteiger partial charge in [-0.05, 0) is 57.2 Å². The van der Waals surface area contributed by atoms with Gasteiger partial charge in [0.1, 0.15) is 29.1 Å². The van der Waals surface area contributed by atoms with Gasteiger partial charge < -0.3 is 24.1 Å². The number of hydrogen-bond acceptors (Lipinski definition) is 6. The molecule has 0 radical (unpaired) electrons. The van der Waals surface area contributed by atoms with E-state index in [0.29, 0.717) is 35.8 Å². The zero-order valence-corrected chi connectivity index (χ0v) is 18.6. The topological polar surface area (TPSA) is 83.2 Å². The number of ketones is 1. The van der Waals surface area contributed by atoms with Crippen LogP contribution in [0.25, 0.3) is 5.76 Å². The molecule has 1 fully saturated rings. The molecule has 0 unspecified atom stereocenters. The lowest BCUT2D eigenvalue weighted by molar-refractivity contribution is -0.140. The van der Waals surface area contributed by atoms with Gasteiger partial charge in [-0.15, -0.1) is 0 Å². The summed E-state index contributed by atoms with van der Waals surface area (Å²) in [7, 11) is 1.53. The number of aryl methyl sites for hydroxylation is 1. The van der Waals surface area contributed by atoms with Crippen LogP contribution in [-0.4, -0.2) is 59.9 Å². The van der Waals surface area contributed by atoms with E-state index in [0.717, 1.165) is 19.6 Å². The predicted molar refractivity (Wildman–Crippen MR) is 118 cm³/mol. The number of carbonyl (C=O) groups is 2. The Balaban J connectivity index is 2.01. The molecule has 0 bridgehead atoms. The van der Waals surface area contributed by atoms with E-state index in [2.05, 4.69) is 18.7 Å². The second-order valence-corrected chi connectivity index (χ2v) is 7.55. The molecule has 1 N–H and O–H groups in total. The van der Waals surface area contributed by atoms with Crippen LogP contribution in [0.2, 0.25) is 0 Å². The summed E-state index contributed by atoms with van der Waals surface area (Å²) in [4.78, 5) is 29.7. The summed E-state index contributed by atoms with van der Waals surface area (Å²) in [5, 5.41) is 11.0. The first kappa shape index (κ1) is 22.6. The Morgan fingerprint density at radius 3 is 2.55 bits per heavy atom. The van der Waals surface area contributed by atoms with Crippen molar-refractivity contribution in [3.05, 3.63) is 59.1 Å². The quantitative estimate of drug-likeness (QED) is 0.374. The van der Waals surface area contributed by atoms with E-state index >= 15 is 0 Å². The highest BCUT2D eigenvalue weighted by atomic mass is 16.5. The summed E-state index contributed by atoms with van der Waals surface area (Å²) in [6, 6.07) is 9.55. The number of hydrogen-bond donors (Lipinski definition) is 1. The standard InChI is InChI=1S/C24H30N2O5/c1-5-25(6-2)13-8-14-26-21(19-12-11-16(3)31-19)20(23(28)24(26)29)22(27)17-9-7-10-18(15-17)30-4/h7,9-12,15,21,27H,5-6,8,13-14H2,1-4H3/b22-20+/t21-/m0/s1. The minimum Gasteiger partial charge on any atom is -0.507 e. The highest BCUT2D eigenvalue weighted by molar-refractivity contribution is 6.46. The van der Waals surface area contributed by atoms with Gasteiger partial charge in [-0.25, -0.2) is 0 Å². The Morgan fingerprint density at radius 2 is 1.94 bits per heavy atom. The molecule has 1 amide bonds. The van der Waals surface area contributed by atoms with Gasteiger partial charge in [0.25, 0.3) is 11.7 Å². The van der Waals surface area contributed by atoms with Crippen LogP contribution in [0.5, 0.6) is 5.75 Å². The molecule has 0 spiro atoms. The number of methoxy groups -OCH3 is 1. The Morgan fingerprint density at radius 1 is 1.19 bits per heavy atom. The molecule has 0 aliphatic carbocycles. The van der Waals surface area contributed by atoms with Gasteiger partial charge in [0.05, 0.1) is 12.7 Å². The van der Waals surface area contributed by atoms with Crippen molar-refractivity contribution in [1.29, 1.82) is 0 Å². The van der Waals surface area contributed by atoms with E-state index in [4.69, 9.17) is 9.15 Å². The average Bonchev–Trinajstić information content (AvgIpc) is 3.32. The molecule has 166 valence electrons. The molecule has 1 aromatic carbocycles. The van der Waals surface area contributed by atoms with Gasteiger partial charge in [-0.2, -0.15) is 0 Å². The van der Waals surface area contributed by atoms with Crippen LogP contribution in [0.3, 0.4) is 0 Å². The second kappa shape index (κ2) is 9.83. The Labute approximate surface area is 182 Å².